The van der Waals surface area contributed by atoms with Gasteiger partial charge in [-0.3, -0.25) is 4.94 Å². The summed E-state index contributed by atoms with van der Waals surface area (Å²) in [6.07, 6.45) is 0. The van der Waals surface area contributed by atoms with Gasteiger partial charge in [0.05, 0.1) is 17.0 Å². The van der Waals surface area contributed by atoms with E-state index in [1.807, 2.05) is 0 Å². The van der Waals surface area contributed by atoms with Crippen LogP contribution in [0, 0.1) is 6.92 Å². The molecule has 0 aliphatic heterocycles. The van der Waals surface area contributed by atoms with Crippen molar-refractivity contribution in [1.29, 1.82) is 0 Å². The first-order valence-electron chi connectivity index (χ1n) is 2.95. The molecule has 11 heavy (non-hydrogen) atoms. The van der Waals surface area contributed by atoms with Crippen LogP contribution in [0.15, 0.2) is 23.1 Å². The largest absolute Gasteiger partial charge is 0.293 e. The van der Waals surface area contributed by atoms with Crippen molar-refractivity contribution in [3.05, 3.63) is 23.8 Å². The standard InChI is InChI=1S/C7H6F2OS/c1-5-2-3-6(10-8)7(4-5)11-9/h2-4H,1H3. The van der Waals surface area contributed by atoms with Gasteiger partial charge in [-0.05, 0) is 24.6 Å². The lowest BCUT2D eigenvalue weighted by Crippen LogP contribution is -1.81. The van der Waals surface area contributed by atoms with Gasteiger partial charge in [0.25, 0.3) is 0 Å². The zero-order valence-corrected chi connectivity index (χ0v) is 6.62. The van der Waals surface area contributed by atoms with Crippen LogP contribution in [-0.4, -0.2) is 0 Å². The summed E-state index contributed by atoms with van der Waals surface area (Å²) in [7, 11) is 0. The number of benzene rings is 1. The summed E-state index contributed by atoms with van der Waals surface area (Å²) >= 11 is -0.0308. The molecule has 1 aromatic carbocycles. The minimum Gasteiger partial charge on any atom is -0.293 e. The second-order valence-corrected chi connectivity index (χ2v) is 2.70. The van der Waals surface area contributed by atoms with E-state index in [0.29, 0.717) is 0 Å². The number of rotatable bonds is 2. The van der Waals surface area contributed by atoms with Crippen molar-refractivity contribution < 1.29 is 13.4 Å². The summed E-state index contributed by atoms with van der Waals surface area (Å²) in [5.41, 5.74) is 0.867. The fraction of sp³-hybridized carbons (Fsp3) is 0.143. The van der Waals surface area contributed by atoms with Crippen molar-refractivity contribution in [3.63, 3.8) is 0 Å². The third kappa shape index (κ3) is 1.83. The molecule has 0 spiro atoms. The van der Waals surface area contributed by atoms with Gasteiger partial charge in [0, 0.05) is 4.53 Å². The average molecular weight is 176 g/mol. The molecular formula is C7H6F2OS. The highest BCUT2D eigenvalue weighted by molar-refractivity contribution is 7.94. The van der Waals surface area contributed by atoms with E-state index in [1.165, 1.54) is 12.1 Å². The Hall–Kier alpha value is -0.770. The van der Waals surface area contributed by atoms with Crippen molar-refractivity contribution in [2.75, 3.05) is 0 Å². The number of hydrogen-bond acceptors (Lipinski definition) is 2. The molecule has 0 amide bonds. The molecule has 1 nitrogen and oxygen atoms in total. The second-order valence-electron chi connectivity index (χ2n) is 2.10. The van der Waals surface area contributed by atoms with E-state index in [9.17, 15) is 8.41 Å². The van der Waals surface area contributed by atoms with Gasteiger partial charge in [-0.1, -0.05) is 6.07 Å². The predicted molar refractivity (Wildman–Crippen MR) is 39.9 cm³/mol. The minimum absolute atomic E-state index is 0.0308. The first kappa shape index (κ1) is 8.33. The third-order valence-corrected chi connectivity index (χ3v) is 1.75. The fourth-order valence-corrected chi connectivity index (χ4v) is 1.15. The SMILES string of the molecule is Cc1ccc(OF)c(SF)c1. The van der Waals surface area contributed by atoms with E-state index in [2.05, 4.69) is 4.94 Å². The van der Waals surface area contributed by atoms with E-state index in [0.717, 1.165) is 5.56 Å². The zero-order valence-electron chi connectivity index (χ0n) is 5.80. The Morgan fingerprint density at radius 2 is 2.18 bits per heavy atom. The van der Waals surface area contributed by atoms with Crippen LogP contribution in [0.1, 0.15) is 5.56 Å². The smallest absolute Gasteiger partial charge is 0.188 e. The van der Waals surface area contributed by atoms with Crippen LogP contribution in [0.25, 0.3) is 0 Å². The molecule has 0 fully saturated rings. The molecule has 0 N–H and O–H groups in total. The predicted octanol–water partition coefficient (Wildman–Crippen LogP) is 3.23. The Morgan fingerprint density at radius 3 is 2.73 bits per heavy atom. The first-order valence-corrected chi connectivity index (χ1v) is 3.67. The number of halogens is 2. The van der Waals surface area contributed by atoms with E-state index < -0.39 is 0 Å². The van der Waals surface area contributed by atoms with Crippen LogP contribution in [0.2, 0.25) is 0 Å². The third-order valence-electron chi connectivity index (χ3n) is 1.27. The summed E-state index contributed by atoms with van der Waals surface area (Å²) in [6, 6.07) is 4.55. The van der Waals surface area contributed by atoms with Gasteiger partial charge in [-0.2, -0.15) is 3.89 Å². The maximum absolute atomic E-state index is 12.0. The van der Waals surface area contributed by atoms with Gasteiger partial charge in [0.2, 0.25) is 0 Å². The highest BCUT2D eigenvalue weighted by Crippen LogP contribution is 2.30. The van der Waals surface area contributed by atoms with Gasteiger partial charge >= 0.3 is 0 Å². The average Bonchev–Trinajstić information content (AvgIpc) is 2.04. The number of aryl methyl sites for hydroxylation is 1. The highest BCUT2D eigenvalue weighted by atomic mass is 32.2. The Morgan fingerprint density at radius 1 is 1.45 bits per heavy atom. The van der Waals surface area contributed by atoms with Gasteiger partial charge in [0.1, 0.15) is 0 Å². The Kier molecular flexibility index (Phi) is 2.70. The van der Waals surface area contributed by atoms with Gasteiger partial charge in [-0.25, -0.2) is 0 Å². The molecule has 60 valence electrons. The van der Waals surface area contributed by atoms with Crippen LogP contribution in [-0.2, 0) is 0 Å². The Bertz CT molecular complexity index is 252. The van der Waals surface area contributed by atoms with E-state index in [4.69, 9.17) is 0 Å². The fourth-order valence-electron chi connectivity index (χ4n) is 0.739. The summed E-state index contributed by atoms with van der Waals surface area (Å²) in [4.78, 5) is 3.59. The molecule has 0 saturated carbocycles. The summed E-state index contributed by atoms with van der Waals surface area (Å²) in [5, 5.41) is 0. The van der Waals surface area contributed by atoms with Crippen LogP contribution in [0.3, 0.4) is 0 Å². The summed E-state index contributed by atoms with van der Waals surface area (Å²) in [5.74, 6) is -0.0805. The lowest BCUT2D eigenvalue weighted by Gasteiger charge is -1.99. The molecule has 0 saturated heterocycles. The molecule has 0 aromatic heterocycles. The summed E-state index contributed by atoms with van der Waals surface area (Å²) in [6.45, 7) is 1.79. The molecule has 1 rings (SSSR count). The van der Waals surface area contributed by atoms with E-state index in [-0.39, 0.29) is 22.8 Å². The van der Waals surface area contributed by atoms with Crippen molar-refractivity contribution in [2.45, 2.75) is 11.8 Å². The van der Waals surface area contributed by atoms with Crippen molar-refractivity contribution >= 4 is 12.1 Å². The van der Waals surface area contributed by atoms with Gasteiger partial charge in [0.15, 0.2) is 5.75 Å². The highest BCUT2D eigenvalue weighted by Gasteiger charge is 2.04. The topological polar surface area (TPSA) is 9.23 Å². The van der Waals surface area contributed by atoms with Crippen LogP contribution in [0.4, 0.5) is 8.41 Å². The van der Waals surface area contributed by atoms with Gasteiger partial charge in [-0.15, -0.1) is 0 Å². The van der Waals surface area contributed by atoms with Gasteiger partial charge < -0.3 is 0 Å². The Balaban J connectivity index is 3.06. The van der Waals surface area contributed by atoms with Crippen molar-refractivity contribution in [2.24, 2.45) is 0 Å². The van der Waals surface area contributed by atoms with E-state index >= 15 is 0 Å². The molecular weight excluding hydrogens is 170 g/mol. The zero-order chi connectivity index (χ0) is 8.27. The van der Waals surface area contributed by atoms with Crippen LogP contribution < -0.4 is 4.94 Å². The lowest BCUT2D eigenvalue weighted by molar-refractivity contribution is -0.00966. The van der Waals surface area contributed by atoms with E-state index in [1.54, 1.807) is 13.0 Å². The monoisotopic (exact) mass is 176 g/mol. The number of hydrogen-bond donors (Lipinski definition) is 0. The summed E-state index contributed by atoms with van der Waals surface area (Å²) < 4.78 is 23.6. The quantitative estimate of drug-likeness (QED) is 0.684. The molecule has 0 aliphatic rings. The molecule has 0 radical (unpaired) electrons. The second kappa shape index (κ2) is 3.57. The maximum Gasteiger partial charge on any atom is 0.188 e. The molecule has 4 heteroatoms. The maximum atomic E-state index is 12.0. The Labute approximate surface area is 67.6 Å². The molecule has 0 atom stereocenters. The van der Waals surface area contributed by atoms with Crippen molar-refractivity contribution in [1.82, 2.24) is 0 Å². The van der Waals surface area contributed by atoms with Crippen LogP contribution in [0.5, 0.6) is 5.75 Å². The lowest BCUT2D eigenvalue weighted by atomic mass is 10.2. The molecule has 1 aromatic rings. The molecule has 0 bridgehead atoms. The molecule has 0 heterocycles. The minimum atomic E-state index is -0.0805. The normalized spacial score (nSPS) is 9.73. The van der Waals surface area contributed by atoms with Crippen LogP contribution >= 0.6 is 12.1 Å². The molecule has 0 aliphatic carbocycles. The first-order chi connectivity index (χ1) is 5.27. The van der Waals surface area contributed by atoms with Crippen molar-refractivity contribution in [3.8, 4) is 5.75 Å². The molecule has 0 unspecified atom stereocenters.